The molecule has 1 aliphatic rings. The molecule has 210 valence electrons. The number of methoxy groups -OCH3 is 1. The van der Waals surface area contributed by atoms with Gasteiger partial charge in [-0.2, -0.15) is 39.5 Å². The molecule has 2 aromatic carbocycles. The van der Waals surface area contributed by atoms with Crippen molar-refractivity contribution in [2.24, 2.45) is 0 Å². The summed E-state index contributed by atoms with van der Waals surface area (Å²) in [5.41, 5.74) is -4.88. The van der Waals surface area contributed by atoms with Crippen LogP contribution < -0.4 is 4.90 Å². The topological polar surface area (TPSA) is 38.8 Å². The first kappa shape index (κ1) is 29.6. The second-order valence-corrected chi connectivity index (χ2v) is 8.74. The Morgan fingerprint density at radius 1 is 0.895 bits per heavy atom. The molecule has 3 atom stereocenters. The minimum absolute atomic E-state index is 0.00428. The second-order valence-electron chi connectivity index (χ2n) is 8.74. The molecule has 0 N–H and O–H groups in total. The maximum absolute atomic E-state index is 13.6. The van der Waals surface area contributed by atoms with E-state index in [1.165, 1.54) is 6.92 Å². The quantitative estimate of drug-likeness (QED) is 0.347. The van der Waals surface area contributed by atoms with Gasteiger partial charge in [0.25, 0.3) is 0 Å². The van der Waals surface area contributed by atoms with Crippen molar-refractivity contribution in [1.29, 1.82) is 0 Å². The number of fused-ring (bicyclic) bond motifs is 1. The van der Waals surface area contributed by atoms with Crippen molar-refractivity contribution in [3.05, 3.63) is 64.2 Å². The molecule has 0 saturated carbocycles. The largest absolute Gasteiger partial charge is 0.449 e. The summed E-state index contributed by atoms with van der Waals surface area (Å²) in [6.07, 6.45) is -17.3. The molecule has 4 nitrogen and oxygen atoms in total. The number of hydrogen-bond donors (Lipinski definition) is 0. The Hall–Kier alpha value is -2.96. The number of amides is 1. The normalized spacial score (nSPS) is 19.2. The molecule has 3 unspecified atom stereocenters. The fraction of sp³-hybridized carbons (Fsp3) is 0.480. The van der Waals surface area contributed by atoms with Crippen LogP contribution in [0.5, 0.6) is 0 Å². The third-order valence-corrected chi connectivity index (χ3v) is 6.40. The lowest BCUT2D eigenvalue weighted by Gasteiger charge is -2.42. The maximum Gasteiger partial charge on any atom is 0.416 e. The SMILES string of the molecule is CCOC(=O)N1c2ccc(C(F)(F)F)cc2C(C(OC)c2cc(C(F)(F)F)cc(C(F)(F)F)c2)CC1CC. The average molecular weight is 557 g/mol. The molecular formula is C25H24F9NO3. The van der Waals surface area contributed by atoms with Crippen molar-refractivity contribution in [2.75, 3.05) is 18.6 Å². The van der Waals surface area contributed by atoms with E-state index in [1.54, 1.807) is 6.92 Å². The third kappa shape index (κ3) is 6.02. The van der Waals surface area contributed by atoms with E-state index in [1.807, 2.05) is 0 Å². The van der Waals surface area contributed by atoms with E-state index < -0.39 is 64.9 Å². The van der Waals surface area contributed by atoms with Gasteiger partial charge < -0.3 is 9.47 Å². The first-order chi connectivity index (χ1) is 17.5. The lowest BCUT2D eigenvalue weighted by Crippen LogP contribution is -2.46. The van der Waals surface area contributed by atoms with Gasteiger partial charge in [-0.1, -0.05) is 6.92 Å². The molecular weight excluding hydrogens is 533 g/mol. The predicted molar refractivity (Wildman–Crippen MR) is 119 cm³/mol. The maximum atomic E-state index is 13.6. The highest BCUT2D eigenvalue weighted by Crippen LogP contribution is 2.49. The van der Waals surface area contributed by atoms with E-state index in [9.17, 15) is 44.3 Å². The summed E-state index contributed by atoms with van der Waals surface area (Å²) in [7, 11) is 1.05. The summed E-state index contributed by atoms with van der Waals surface area (Å²) in [5.74, 6) is -1.13. The molecule has 0 saturated heterocycles. The van der Waals surface area contributed by atoms with Gasteiger partial charge >= 0.3 is 24.6 Å². The summed E-state index contributed by atoms with van der Waals surface area (Å²) >= 11 is 0. The van der Waals surface area contributed by atoms with Crippen LogP contribution in [0.2, 0.25) is 0 Å². The van der Waals surface area contributed by atoms with Crippen LogP contribution in [0.1, 0.15) is 66.5 Å². The van der Waals surface area contributed by atoms with Crippen molar-refractivity contribution in [3.8, 4) is 0 Å². The highest BCUT2D eigenvalue weighted by atomic mass is 19.4. The lowest BCUT2D eigenvalue weighted by molar-refractivity contribution is -0.143. The number of benzene rings is 2. The molecule has 0 aromatic heterocycles. The van der Waals surface area contributed by atoms with Gasteiger partial charge in [0.2, 0.25) is 0 Å². The lowest BCUT2D eigenvalue weighted by atomic mass is 9.78. The third-order valence-electron chi connectivity index (χ3n) is 6.40. The summed E-state index contributed by atoms with van der Waals surface area (Å²) in [6, 6.07) is 2.80. The van der Waals surface area contributed by atoms with E-state index in [-0.39, 0.29) is 36.8 Å². The molecule has 13 heteroatoms. The molecule has 0 radical (unpaired) electrons. The zero-order valence-corrected chi connectivity index (χ0v) is 20.4. The van der Waals surface area contributed by atoms with Crippen molar-refractivity contribution in [2.45, 2.75) is 63.3 Å². The Balaban J connectivity index is 2.27. The van der Waals surface area contributed by atoms with Gasteiger partial charge in [-0.15, -0.1) is 0 Å². The van der Waals surface area contributed by atoms with Crippen LogP contribution in [0, 0.1) is 0 Å². The van der Waals surface area contributed by atoms with Crippen molar-refractivity contribution in [3.63, 3.8) is 0 Å². The molecule has 1 aliphatic heterocycles. The number of ether oxygens (including phenoxy) is 2. The summed E-state index contributed by atoms with van der Waals surface area (Å²) in [6.45, 7) is 3.18. The first-order valence-corrected chi connectivity index (χ1v) is 11.5. The van der Waals surface area contributed by atoms with Gasteiger partial charge in [-0.3, -0.25) is 4.90 Å². The highest BCUT2D eigenvalue weighted by molar-refractivity contribution is 5.90. The highest BCUT2D eigenvalue weighted by Gasteiger charge is 2.44. The number of carbonyl (C=O) groups is 1. The van der Waals surface area contributed by atoms with Crippen LogP contribution in [0.4, 0.5) is 50.0 Å². The molecule has 1 heterocycles. The van der Waals surface area contributed by atoms with Gasteiger partial charge in [0, 0.05) is 19.1 Å². The minimum atomic E-state index is -5.13. The van der Waals surface area contributed by atoms with Crippen LogP contribution in [-0.2, 0) is 28.0 Å². The zero-order chi connectivity index (χ0) is 28.6. The van der Waals surface area contributed by atoms with E-state index in [2.05, 4.69) is 0 Å². The van der Waals surface area contributed by atoms with Crippen LogP contribution >= 0.6 is 0 Å². The average Bonchev–Trinajstić information content (AvgIpc) is 2.82. The molecule has 0 fully saturated rings. The van der Waals surface area contributed by atoms with Crippen molar-refractivity contribution < 1.29 is 53.8 Å². The molecule has 0 spiro atoms. The fourth-order valence-corrected chi connectivity index (χ4v) is 4.72. The van der Waals surface area contributed by atoms with Crippen LogP contribution in [0.3, 0.4) is 0 Å². The Labute approximate surface area is 212 Å². The fourth-order valence-electron chi connectivity index (χ4n) is 4.72. The molecule has 1 amide bonds. The van der Waals surface area contributed by atoms with Gasteiger partial charge in [-0.05, 0) is 67.3 Å². The Bertz CT molecular complexity index is 1130. The number of alkyl halides is 9. The summed E-state index contributed by atoms with van der Waals surface area (Å²) in [5, 5.41) is 0. The number of nitrogens with zero attached hydrogens (tertiary/aromatic N) is 1. The van der Waals surface area contributed by atoms with Crippen molar-refractivity contribution in [1.82, 2.24) is 0 Å². The van der Waals surface area contributed by atoms with Gasteiger partial charge in [0.1, 0.15) is 0 Å². The predicted octanol–water partition coefficient (Wildman–Crippen LogP) is 8.36. The molecule has 0 bridgehead atoms. The Kier molecular flexibility index (Phi) is 8.30. The zero-order valence-electron chi connectivity index (χ0n) is 20.4. The summed E-state index contributed by atoms with van der Waals surface area (Å²) in [4.78, 5) is 13.9. The molecule has 2 aromatic rings. The van der Waals surface area contributed by atoms with Crippen molar-refractivity contribution >= 4 is 11.8 Å². The molecule has 3 rings (SSSR count). The minimum Gasteiger partial charge on any atom is -0.449 e. The van der Waals surface area contributed by atoms with Gasteiger partial charge in [-0.25, -0.2) is 4.79 Å². The Morgan fingerprint density at radius 3 is 1.89 bits per heavy atom. The van der Waals surface area contributed by atoms with E-state index >= 15 is 0 Å². The standard InChI is InChI=1S/C25H24F9NO3/c1-4-17-12-19(18-11-14(23(26,27)28)6-7-20(18)35(17)22(36)38-5-2)21(37-3)13-8-15(24(29,30)31)10-16(9-13)25(32,33)34/h6-11,17,19,21H,4-5,12H2,1-3H3. The van der Waals surface area contributed by atoms with Gasteiger partial charge in [0.15, 0.2) is 0 Å². The number of carbonyl (C=O) groups excluding carboxylic acids is 1. The van der Waals surface area contributed by atoms with Crippen LogP contribution in [0.15, 0.2) is 36.4 Å². The number of rotatable bonds is 5. The van der Waals surface area contributed by atoms with Crippen LogP contribution in [-0.4, -0.2) is 25.9 Å². The molecule has 38 heavy (non-hydrogen) atoms. The second kappa shape index (κ2) is 10.7. The van der Waals surface area contributed by atoms with E-state index in [0.29, 0.717) is 12.1 Å². The summed E-state index contributed by atoms with van der Waals surface area (Å²) < 4.78 is 132. The van der Waals surface area contributed by atoms with Crippen LogP contribution in [0.25, 0.3) is 0 Å². The van der Waals surface area contributed by atoms with E-state index in [0.717, 1.165) is 30.2 Å². The number of anilines is 1. The number of hydrogen-bond acceptors (Lipinski definition) is 3. The van der Waals surface area contributed by atoms with Gasteiger partial charge in [0.05, 0.1) is 35.1 Å². The van der Waals surface area contributed by atoms with E-state index in [4.69, 9.17) is 9.47 Å². The Morgan fingerprint density at radius 2 is 1.45 bits per heavy atom. The monoisotopic (exact) mass is 557 g/mol. The smallest absolute Gasteiger partial charge is 0.416 e. The molecule has 0 aliphatic carbocycles. The number of halogens is 9. The first-order valence-electron chi connectivity index (χ1n) is 11.5.